The molecule has 5 nitrogen and oxygen atoms in total. The summed E-state index contributed by atoms with van der Waals surface area (Å²) >= 11 is 12.5. The van der Waals surface area contributed by atoms with Gasteiger partial charge in [-0.2, -0.15) is 0 Å². The van der Waals surface area contributed by atoms with Gasteiger partial charge in [0, 0.05) is 44.8 Å². The Morgan fingerprint density at radius 2 is 1.91 bits per heavy atom. The van der Waals surface area contributed by atoms with E-state index in [1.807, 2.05) is 81.6 Å². The molecule has 1 unspecified atom stereocenters. The largest absolute Gasteiger partial charge is 0.387 e. The molecular weight excluding hydrogens is 465 g/mol. The van der Waals surface area contributed by atoms with Crippen molar-refractivity contribution in [3.05, 3.63) is 112 Å². The molecule has 34 heavy (non-hydrogen) atoms. The van der Waals surface area contributed by atoms with Crippen molar-refractivity contribution in [2.45, 2.75) is 26.9 Å². The summed E-state index contributed by atoms with van der Waals surface area (Å²) < 4.78 is 0. The number of hydrogen-bond acceptors (Lipinski definition) is 4. The van der Waals surface area contributed by atoms with Crippen molar-refractivity contribution in [2.24, 2.45) is 4.99 Å². The lowest BCUT2D eigenvalue weighted by molar-refractivity contribution is 0.712. The first kappa shape index (κ1) is 25.5. The minimum atomic E-state index is -0.205. The first-order valence-electron chi connectivity index (χ1n) is 11.2. The second-order valence-corrected chi connectivity index (χ2v) is 8.79. The number of aliphatic imine (C=N–C) groups is 1. The Hall–Kier alpha value is -3.15. The minimum Gasteiger partial charge on any atom is -0.387 e. The van der Waals surface area contributed by atoms with Gasteiger partial charge in [0.25, 0.3) is 0 Å². The van der Waals surface area contributed by atoms with Gasteiger partial charge in [0.2, 0.25) is 0 Å². The van der Waals surface area contributed by atoms with Crippen LogP contribution in [-0.4, -0.2) is 18.9 Å². The standard InChI is InChI=1S/C27H31Cl2N5/c1-5-14-31-24(18(2)3)13-10-19(4)30-15-16-32-26-22-8-6-7-9-25(22)33-27(34-26)21-12-11-20(28)17-23(21)29/h5-14,17,27,30-31,33H,2,15-16H2,1,3-4H3,(H,32,34)/b14-5-,19-10+,24-13+. The number of fused-ring (bicyclic) bond motifs is 1. The zero-order chi connectivity index (χ0) is 24.5. The quantitative estimate of drug-likeness (QED) is 0.236. The van der Waals surface area contributed by atoms with Crippen molar-refractivity contribution in [1.82, 2.24) is 16.0 Å². The summed E-state index contributed by atoms with van der Waals surface area (Å²) in [5, 5.41) is 14.8. The van der Waals surface area contributed by atoms with Crippen LogP contribution in [0.5, 0.6) is 0 Å². The highest BCUT2D eigenvalue weighted by Crippen LogP contribution is 2.31. The van der Waals surface area contributed by atoms with Crippen LogP contribution in [0.2, 0.25) is 10.0 Å². The van der Waals surface area contributed by atoms with Crippen molar-refractivity contribution in [2.75, 3.05) is 18.4 Å². The van der Waals surface area contributed by atoms with E-state index in [4.69, 9.17) is 28.2 Å². The number of allylic oxidation sites excluding steroid dienone is 5. The third-order valence-corrected chi connectivity index (χ3v) is 5.75. The van der Waals surface area contributed by atoms with Crippen LogP contribution < -0.4 is 21.3 Å². The van der Waals surface area contributed by atoms with Gasteiger partial charge in [-0.3, -0.25) is 4.99 Å². The van der Waals surface area contributed by atoms with Gasteiger partial charge in [0.1, 0.15) is 12.0 Å². The number of anilines is 1. The number of para-hydroxylation sites is 1. The predicted molar refractivity (Wildman–Crippen MR) is 146 cm³/mol. The molecule has 1 heterocycles. The Balaban J connectivity index is 1.69. The molecule has 3 rings (SSSR count). The van der Waals surface area contributed by atoms with Crippen LogP contribution in [0.15, 0.2) is 95.4 Å². The smallest absolute Gasteiger partial charge is 0.132 e. The SMILES string of the molecule is C=C(C)/C(=C\C=C(/C)NCCN=C1NC(c2ccc(Cl)cc2Cl)Nc2ccccc21)N/C=C\C. The number of amidine groups is 1. The molecule has 0 fully saturated rings. The molecule has 4 N–H and O–H groups in total. The van der Waals surface area contributed by atoms with Crippen LogP contribution in [0.4, 0.5) is 5.69 Å². The molecule has 7 heteroatoms. The van der Waals surface area contributed by atoms with Crippen LogP contribution in [0.3, 0.4) is 0 Å². The van der Waals surface area contributed by atoms with Crippen LogP contribution in [-0.2, 0) is 0 Å². The van der Waals surface area contributed by atoms with Gasteiger partial charge in [-0.15, -0.1) is 0 Å². The second-order valence-electron chi connectivity index (χ2n) is 7.94. The molecule has 1 aliphatic rings. The number of rotatable bonds is 9. The normalized spacial score (nSPS) is 17.2. The molecule has 0 aliphatic carbocycles. The fourth-order valence-electron chi connectivity index (χ4n) is 3.42. The number of nitrogens with one attached hydrogen (secondary N) is 4. The lowest BCUT2D eigenvalue weighted by Gasteiger charge is -2.31. The maximum atomic E-state index is 6.46. The molecule has 0 amide bonds. The highest BCUT2D eigenvalue weighted by atomic mass is 35.5. The van der Waals surface area contributed by atoms with E-state index < -0.39 is 0 Å². The van der Waals surface area contributed by atoms with Crippen LogP contribution in [0, 0.1) is 0 Å². The van der Waals surface area contributed by atoms with Gasteiger partial charge in [-0.25, -0.2) is 0 Å². The maximum Gasteiger partial charge on any atom is 0.132 e. The average Bonchev–Trinajstić information content (AvgIpc) is 2.81. The van der Waals surface area contributed by atoms with Crippen molar-refractivity contribution in [1.29, 1.82) is 0 Å². The number of halogens is 2. The van der Waals surface area contributed by atoms with Crippen molar-refractivity contribution >= 4 is 34.7 Å². The Bertz CT molecular complexity index is 1150. The molecule has 178 valence electrons. The first-order chi connectivity index (χ1) is 16.4. The minimum absolute atomic E-state index is 0.205. The van der Waals surface area contributed by atoms with Crippen molar-refractivity contribution in [3.63, 3.8) is 0 Å². The highest BCUT2D eigenvalue weighted by molar-refractivity contribution is 6.35. The fraction of sp³-hybridized carbons (Fsp3) is 0.222. The summed E-state index contributed by atoms with van der Waals surface area (Å²) in [6, 6.07) is 13.6. The fourth-order valence-corrected chi connectivity index (χ4v) is 3.94. The van der Waals surface area contributed by atoms with Crippen molar-refractivity contribution in [3.8, 4) is 0 Å². The Morgan fingerprint density at radius 1 is 1.12 bits per heavy atom. The summed E-state index contributed by atoms with van der Waals surface area (Å²) in [6.07, 6.45) is 7.68. The summed E-state index contributed by atoms with van der Waals surface area (Å²) in [6.45, 7) is 11.3. The molecule has 1 aliphatic heterocycles. The van der Waals surface area contributed by atoms with Crippen LogP contribution in [0.1, 0.15) is 38.1 Å². The third-order valence-electron chi connectivity index (χ3n) is 5.19. The lowest BCUT2D eigenvalue weighted by Crippen LogP contribution is -2.39. The number of hydrogen-bond donors (Lipinski definition) is 4. The van der Waals surface area contributed by atoms with Crippen LogP contribution in [0.25, 0.3) is 0 Å². The van der Waals surface area contributed by atoms with E-state index in [1.54, 1.807) is 6.07 Å². The van der Waals surface area contributed by atoms with Gasteiger partial charge in [0.15, 0.2) is 0 Å². The van der Waals surface area contributed by atoms with Gasteiger partial charge in [-0.1, -0.05) is 54.1 Å². The second kappa shape index (κ2) is 12.4. The van der Waals surface area contributed by atoms with Crippen LogP contribution >= 0.6 is 23.2 Å². The topological polar surface area (TPSA) is 60.5 Å². The summed E-state index contributed by atoms with van der Waals surface area (Å²) in [4.78, 5) is 4.84. The average molecular weight is 496 g/mol. The number of benzene rings is 2. The molecule has 0 radical (unpaired) electrons. The van der Waals surface area contributed by atoms with Gasteiger partial charge < -0.3 is 21.3 Å². The Labute approximate surface area is 212 Å². The van der Waals surface area contributed by atoms with E-state index in [-0.39, 0.29) is 6.17 Å². The molecular formula is C27H31Cl2N5. The monoisotopic (exact) mass is 495 g/mol. The molecule has 0 aromatic heterocycles. The molecule has 2 aromatic rings. The van der Waals surface area contributed by atoms with E-state index in [9.17, 15) is 0 Å². The third kappa shape index (κ3) is 6.92. The summed E-state index contributed by atoms with van der Waals surface area (Å²) in [5.74, 6) is 0.828. The van der Waals surface area contributed by atoms with Gasteiger partial charge >= 0.3 is 0 Å². The van der Waals surface area contributed by atoms with E-state index in [0.717, 1.165) is 39.6 Å². The molecule has 0 saturated heterocycles. The first-order valence-corrected chi connectivity index (χ1v) is 11.9. The molecule has 2 aromatic carbocycles. The van der Waals surface area contributed by atoms with Crippen molar-refractivity contribution < 1.29 is 0 Å². The zero-order valence-electron chi connectivity index (χ0n) is 19.8. The predicted octanol–water partition coefficient (Wildman–Crippen LogP) is 6.53. The highest BCUT2D eigenvalue weighted by Gasteiger charge is 2.24. The summed E-state index contributed by atoms with van der Waals surface area (Å²) in [7, 11) is 0. The number of nitrogens with zero attached hydrogens (tertiary/aromatic N) is 1. The van der Waals surface area contributed by atoms with Gasteiger partial charge in [0.05, 0.1) is 6.54 Å². The molecule has 0 spiro atoms. The zero-order valence-corrected chi connectivity index (χ0v) is 21.3. The molecule has 0 bridgehead atoms. The Morgan fingerprint density at radius 3 is 2.65 bits per heavy atom. The Kier molecular flexibility index (Phi) is 9.25. The molecule has 1 atom stereocenters. The van der Waals surface area contributed by atoms with E-state index in [1.165, 1.54) is 0 Å². The molecule has 0 saturated carbocycles. The van der Waals surface area contributed by atoms with Gasteiger partial charge in [-0.05, 0) is 69.0 Å². The maximum absolute atomic E-state index is 6.46. The van der Waals surface area contributed by atoms with E-state index >= 15 is 0 Å². The lowest BCUT2D eigenvalue weighted by atomic mass is 10.1. The van der Waals surface area contributed by atoms with E-state index in [0.29, 0.717) is 23.1 Å². The van der Waals surface area contributed by atoms with E-state index in [2.05, 4.69) is 27.8 Å². The summed E-state index contributed by atoms with van der Waals surface area (Å²) in [5.41, 5.74) is 5.94.